The van der Waals surface area contributed by atoms with Gasteiger partial charge in [0.15, 0.2) is 5.60 Å². The average molecular weight is 531 g/mol. The zero-order chi connectivity index (χ0) is 26.6. The molecule has 7 rings (SSSR count). The zero-order valence-corrected chi connectivity index (χ0v) is 21.8. The molecule has 2 N–H and O–H groups in total. The summed E-state index contributed by atoms with van der Waals surface area (Å²) in [7, 11) is 0. The Kier molecular flexibility index (Phi) is 5.35. The SMILES string of the molecule is Cc1ccc(Nc2ccc3c(c2)Oc2cccc(Nc4ccccc4Cl)c2C32OC(=O)c3ccccc32)cc1. The maximum atomic E-state index is 13.3. The second-order valence-electron chi connectivity index (χ2n) is 9.70. The quantitative estimate of drug-likeness (QED) is 0.227. The third-order valence-electron chi connectivity index (χ3n) is 7.21. The van der Waals surface area contributed by atoms with Gasteiger partial charge in [-0.05, 0) is 61.5 Å². The highest BCUT2D eigenvalue weighted by Gasteiger charge is 2.54. The summed E-state index contributed by atoms with van der Waals surface area (Å²) < 4.78 is 12.9. The molecule has 0 amide bonds. The first kappa shape index (κ1) is 23.4. The van der Waals surface area contributed by atoms with E-state index < -0.39 is 5.60 Å². The van der Waals surface area contributed by atoms with Gasteiger partial charge < -0.3 is 20.1 Å². The van der Waals surface area contributed by atoms with Gasteiger partial charge in [-0.3, -0.25) is 0 Å². The Hall–Kier alpha value is -4.74. The number of benzene rings is 5. The molecule has 2 heterocycles. The van der Waals surface area contributed by atoms with Crippen LogP contribution in [0.4, 0.5) is 22.7 Å². The number of ether oxygens (including phenoxy) is 2. The number of anilines is 4. The van der Waals surface area contributed by atoms with Gasteiger partial charge in [0.25, 0.3) is 0 Å². The molecule has 0 aromatic heterocycles. The predicted molar refractivity (Wildman–Crippen MR) is 154 cm³/mol. The lowest BCUT2D eigenvalue weighted by Crippen LogP contribution is -2.33. The van der Waals surface area contributed by atoms with Gasteiger partial charge in [-0.15, -0.1) is 0 Å². The fraction of sp³-hybridized carbons (Fsp3) is 0.0606. The first-order chi connectivity index (χ1) is 19.0. The van der Waals surface area contributed by atoms with Gasteiger partial charge in [0.05, 0.1) is 27.5 Å². The first-order valence-electron chi connectivity index (χ1n) is 12.7. The molecule has 0 aliphatic carbocycles. The lowest BCUT2D eigenvalue weighted by atomic mass is 9.77. The van der Waals surface area contributed by atoms with Gasteiger partial charge in [-0.25, -0.2) is 4.79 Å². The predicted octanol–water partition coefficient (Wildman–Crippen LogP) is 8.70. The Morgan fingerprint density at radius 3 is 2.28 bits per heavy atom. The minimum absolute atomic E-state index is 0.376. The maximum absolute atomic E-state index is 13.3. The minimum atomic E-state index is -1.20. The van der Waals surface area contributed by atoms with Crippen LogP contribution in [0.25, 0.3) is 0 Å². The minimum Gasteiger partial charge on any atom is -0.456 e. The summed E-state index contributed by atoms with van der Waals surface area (Å²) in [6.45, 7) is 2.06. The first-order valence-corrected chi connectivity index (χ1v) is 13.0. The van der Waals surface area contributed by atoms with E-state index in [0.717, 1.165) is 39.4 Å². The van der Waals surface area contributed by atoms with E-state index in [1.54, 1.807) is 6.07 Å². The van der Waals surface area contributed by atoms with Gasteiger partial charge in [0.2, 0.25) is 0 Å². The summed E-state index contributed by atoms with van der Waals surface area (Å²) in [4.78, 5) is 13.3. The number of fused-ring (bicyclic) bond motifs is 6. The summed E-state index contributed by atoms with van der Waals surface area (Å²) in [6.07, 6.45) is 0. The molecule has 5 aromatic carbocycles. The van der Waals surface area contributed by atoms with E-state index >= 15 is 0 Å². The molecule has 0 saturated heterocycles. The van der Waals surface area contributed by atoms with Crippen LogP contribution in [-0.4, -0.2) is 5.97 Å². The van der Waals surface area contributed by atoms with Crippen LogP contribution in [0.1, 0.15) is 32.6 Å². The van der Waals surface area contributed by atoms with Crippen molar-refractivity contribution in [2.24, 2.45) is 0 Å². The number of hydrogen-bond acceptors (Lipinski definition) is 5. The van der Waals surface area contributed by atoms with Crippen LogP contribution < -0.4 is 15.4 Å². The molecule has 0 saturated carbocycles. The lowest BCUT2D eigenvalue weighted by molar-refractivity contribution is 0.0227. The summed E-state index contributed by atoms with van der Waals surface area (Å²) in [6, 6.07) is 34.9. The number of halogens is 1. The van der Waals surface area contributed by atoms with E-state index in [2.05, 4.69) is 29.7 Å². The highest BCUT2D eigenvalue weighted by atomic mass is 35.5. The van der Waals surface area contributed by atoms with E-state index in [1.165, 1.54) is 5.56 Å². The van der Waals surface area contributed by atoms with Crippen molar-refractivity contribution in [3.8, 4) is 11.5 Å². The van der Waals surface area contributed by atoms with Crippen LogP contribution in [-0.2, 0) is 10.3 Å². The summed E-state index contributed by atoms with van der Waals surface area (Å²) in [5.41, 5.74) is 6.06. The van der Waals surface area contributed by atoms with Crippen molar-refractivity contribution in [1.29, 1.82) is 0 Å². The van der Waals surface area contributed by atoms with Crippen molar-refractivity contribution in [2.75, 3.05) is 10.6 Å². The van der Waals surface area contributed by atoms with Crippen molar-refractivity contribution in [1.82, 2.24) is 0 Å². The third kappa shape index (κ3) is 3.74. The molecule has 0 bridgehead atoms. The topological polar surface area (TPSA) is 59.6 Å². The second-order valence-corrected chi connectivity index (χ2v) is 10.1. The molecule has 1 atom stereocenters. The summed E-state index contributed by atoms with van der Waals surface area (Å²) in [5.74, 6) is 0.828. The Balaban J connectivity index is 1.42. The molecule has 39 heavy (non-hydrogen) atoms. The fourth-order valence-corrected chi connectivity index (χ4v) is 5.61. The van der Waals surface area contributed by atoms with E-state index in [1.807, 2.05) is 91.0 Å². The normalized spacial score (nSPS) is 16.5. The number of carbonyl (C=O) groups excluding carboxylic acids is 1. The highest BCUT2D eigenvalue weighted by molar-refractivity contribution is 6.33. The Morgan fingerprint density at radius 1 is 0.692 bits per heavy atom. The standard InChI is InChI=1S/C33H23ClN2O3/c1-20-13-15-21(16-14-20)35-22-17-18-25-30(19-22)38-29-12-6-11-28(36-27-10-5-4-9-26(27)34)31(29)33(25)24-8-3-2-7-23(24)32(37)39-33/h2-19,35-36H,1H3. The number of aryl methyl sites for hydroxylation is 1. The van der Waals surface area contributed by atoms with Gasteiger partial charge in [0.1, 0.15) is 11.5 Å². The molecule has 6 heteroatoms. The van der Waals surface area contributed by atoms with Crippen LogP contribution in [0.15, 0.2) is 109 Å². The molecule has 5 aromatic rings. The monoisotopic (exact) mass is 530 g/mol. The average Bonchev–Trinajstić information content (AvgIpc) is 3.24. The molecular formula is C33H23ClN2O3. The van der Waals surface area contributed by atoms with Crippen LogP contribution in [0, 0.1) is 6.92 Å². The molecule has 2 aliphatic heterocycles. The summed E-state index contributed by atoms with van der Waals surface area (Å²) >= 11 is 6.50. The van der Waals surface area contributed by atoms with Crippen LogP contribution in [0.3, 0.4) is 0 Å². The molecular weight excluding hydrogens is 508 g/mol. The van der Waals surface area contributed by atoms with Crippen molar-refractivity contribution >= 4 is 40.3 Å². The maximum Gasteiger partial charge on any atom is 0.340 e. The van der Waals surface area contributed by atoms with Gasteiger partial charge >= 0.3 is 5.97 Å². The third-order valence-corrected chi connectivity index (χ3v) is 7.54. The van der Waals surface area contributed by atoms with Crippen molar-refractivity contribution in [3.05, 3.63) is 142 Å². The number of hydrogen-bond donors (Lipinski definition) is 2. The molecule has 1 spiro atoms. The number of nitrogens with one attached hydrogen (secondary N) is 2. The van der Waals surface area contributed by atoms with Crippen LogP contribution >= 0.6 is 11.6 Å². The van der Waals surface area contributed by atoms with Crippen molar-refractivity contribution in [3.63, 3.8) is 0 Å². The summed E-state index contributed by atoms with van der Waals surface area (Å²) in [5, 5.41) is 7.49. The smallest absolute Gasteiger partial charge is 0.340 e. The van der Waals surface area contributed by atoms with Gasteiger partial charge in [-0.2, -0.15) is 0 Å². The van der Waals surface area contributed by atoms with E-state index in [0.29, 0.717) is 22.1 Å². The number of esters is 1. The fourth-order valence-electron chi connectivity index (χ4n) is 5.43. The van der Waals surface area contributed by atoms with Gasteiger partial charge in [-0.1, -0.05) is 65.7 Å². The Bertz CT molecular complexity index is 1770. The molecule has 190 valence electrons. The van der Waals surface area contributed by atoms with E-state index in [9.17, 15) is 4.79 Å². The van der Waals surface area contributed by atoms with Crippen molar-refractivity contribution in [2.45, 2.75) is 12.5 Å². The van der Waals surface area contributed by atoms with Crippen LogP contribution in [0.5, 0.6) is 11.5 Å². The lowest BCUT2D eigenvalue weighted by Gasteiger charge is -2.38. The molecule has 0 fully saturated rings. The number of rotatable bonds is 4. The second kappa shape index (κ2) is 8.93. The Morgan fingerprint density at radius 2 is 1.44 bits per heavy atom. The number of para-hydroxylation sites is 1. The van der Waals surface area contributed by atoms with E-state index in [4.69, 9.17) is 21.1 Å². The zero-order valence-electron chi connectivity index (χ0n) is 21.0. The van der Waals surface area contributed by atoms with Crippen molar-refractivity contribution < 1.29 is 14.3 Å². The molecule has 1 unspecified atom stereocenters. The Labute approximate surface area is 231 Å². The highest BCUT2D eigenvalue weighted by Crippen LogP contribution is 2.58. The van der Waals surface area contributed by atoms with Gasteiger partial charge in [0, 0.05) is 28.6 Å². The molecule has 2 aliphatic rings. The number of carbonyl (C=O) groups is 1. The largest absolute Gasteiger partial charge is 0.456 e. The molecule has 0 radical (unpaired) electrons. The molecule has 5 nitrogen and oxygen atoms in total. The van der Waals surface area contributed by atoms with E-state index in [-0.39, 0.29) is 5.97 Å². The van der Waals surface area contributed by atoms with Crippen LogP contribution in [0.2, 0.25) is 5.02 Å².